The van der Waals surface area contributed by atoms with Crippen molar-refractivity contribution < 1.29 is 22.7 Å². The van der Waals surface area contributed by atoms with Gasteiger partial charge in [-0.05, 0) is 18.2 Å². The summed E-state index contributed by atoms with van der Waals surface area (Å²) >= 11 is 0. The lowest BCUT2D eigenvalue weighted by Crippen LogP contribution is -2.56. The number of para-hydroxylation sites is 1. The van der Waals surface area contributed by atoms with E-state index in [1.54, 1.807) is 11.0 Å². The predicted molar refractivity (Wildman–Crippen MR) is 87.9 cm³/mol. The Hall–Kier alpha value is -3.03. The van der Waals surface area contributed by atoms with E-state index in [0.717, 1.165) is 17.0 Å². The molecule has 1 N–H and O–H groups in total. The number of carbonyl (C=O) groups excluding carboxylic acids is 1. The molecule has 1 saturated heterocycles. The van der Waals surface area contributed by atoms with Gasteiger partial charge in [0.2, 0.25) is 5.88 Å². The van der Waals surface area contributed by atoms with Crippen molar-refractivity contribution in [3.63, 3.8) is 0 Å². The van der Waals surface area contributed by atoms with Gasteiger partial charge in [0.05, 0.1) is 13.1 Å². The topological polar surface area (TPSA) is 58.2 Å². The van der Waals surface area contributed by atoms with Crippen LogP contribution in [0.1, 0.15) is 16.2 Å². The van der Waals surface area contributed by atoms with E-state index in [1.807, 2.05) is 24.3 Å². The minimum Gasteiger partial charge on any atom is -0.471 e. The molecular weight excluding hydrogens is 347 g/mol. The first-order chi connectivity index (χ1) is 12.4. The number of halogens is 3. The van der Waals surface area contributed by atoms with Crippen LogP contribution in [0.5, 0.6) is 5.88 Å². The number of hydrogen-bond acceptors (Lipinski definition) is 3. The zero-order chi connectivity index (χ0) is 18.3. The van der Waals surface area contributed by atoms with Crippen molar-refractivity contribution in [2.24, 2.45) is 0 Å². The molecule has 1 amide bonds. The molecule has 26 heavy (non-hydrogen) atoms. The number of likely N-dealkylation sites (tertiary alicyclic amines) is 1. The number of fused-ring (bicyclic) bond motifs is 1. The molecule has 1 aliphatic heterocycles. The number of alkyl halides is 3. The SMILES string of the molecule is O=C(c1cc2ccccc2[nH]1)N1CC(Oc2cccc(C(F)(F)F)n2)C1. The Bertz CT molecular complexity index is 928. The third kappa shape index (κ3) is 3.10. The Balaban J connectivity index is 1.39. The van der Waals surface area contributed by atoms with Crippen LogP contribution >= 0.6 is 0 Å². The van der Waals surface area contributed by atoms with Crippen molar-refractivity contribution in [3.05, 3.63) is 59.9 Å². The molecule has 0 bridgehead atoms. The first-order valence-corrected chi connectivity index (χ1v) is 7.98. The molecular formula is C18H14F3N3O2. The molecule has 0 radical (unpaired) electrons. The maximum absolute atomic E-state index is 12.7. The van der Waals surface area contributed by atoms with Gasteiger partial charge in [0, 0.05) is 17.0 Å². The number of nitrogens with one attached hydrogen (secondary N) is 1. The first-order valence-electron chi connectivity index (χ1n) is 7.98. The maximum Gasteiger partial charge on any atom is 0.433 e. The Morgan fingerprint density at radius 2 is 1.92 bits per heavy atom. The smallest absolute Gasteiger partial charge is 0.433 e. The molecule has 0 unspecified atom stereocenters. The summed E-state index contributed by atoms with van der Waals surface area (Å²) in [6.07, 6.45) is -4.89. The Morgan fingerprint density at radius 1 is 1.15 bits per heavy atom. The van der Waals surface area contributed by atoms with Crippen LogP contribution in [0, 0.1) is 0 Å². The molecule has 0 spiro atoms. The van der Waals surface area contributed by atoms with Crippen molar-refractivity contribution in [2.45, 2.75) is 12.3 Å². The molecule has 134 valence electrons. The molecule has 0 saturated carbocycles. The highest BCUT2D eigenvalue weighted by molar-refractivity contribution is 5.98. The largest absolute Gasteiger partial charge is 0.471 e. The number of aromatic nitrogens is 2. The van der Waals surface area contributed by atoms with Gasteiger partial charge >= 0.3 is 6.18 Å². The lowest BCUT2D eigenvalue weighted by atomic mass is 10.1. The average Bonchev–Trinajstić information content (AvgIpc) is 3.01. The normalized spacial score (nSPS) is 15.1. The summed E-state index contributed by atoms with van der Waals surface area (Å²) < 4.78 is 43.5. The van der Waals surface area contributed by atoms with Gasteiger partial charge in [-0.1, -0.05) is 24.3 Å². The molecule has 1 aromatic carbocycles. The maximum atomic E-state index is 12.7. The monoisotopic (exact) mass is 361 g/mol. The predicted octanol–water partition coefficient (Wildman–Crippen LogP) is 3.49. The number of benzene rings is 1. The molecule has 0 atom stereocenters. The van der Waals surface area contributed by atoms with Crippen molar-refractivity contribution >= 4 is 16.8 Å². The zero-order valence-corrected chi connectivity index (χ0v) is 13.5. The molecule has 8 heteroatoms. The van der Waals surface area contributed by atoms with E-state index in [1.165, 1.54) is 12.1 Å². The lowest BCUT2D eigenvalue weighted by molar-refractivity contribution is -0.141. The van der Waals surface area contributed by atoms with Crippen LogP contribution in [0.25, 0.3) is 10.9 Å². The zero-order valence-electron chi connectivity index (χ0n) is 13.5. The summed E-state index contributed by atoms with van der Waals surface area (Å²) in [6, 6.07) is 12.8. The van der Waals surface area contributed by atoms with Crippen molar-refractivity contribution in [1.29, 1.82) is 0 Å². The van der Waals surface area contributed by atoms with Gasteiger partial charge in [-0.25, -0.2) is 4.98 Å². The van der Waals surface area contributed by atoms with Crippen LogP contribution in [0.15, 0.2) is 48.5 Å². The van der Waals surface area contributed by atoms with E-state index in [4.69, 9.17) is 4.74 Å². The van der Waals surface area contributed by atoms with Crippen LogP contribution < -0.4 is 4.74 Å². The lowest BCUT2D eigenvalue weighted by Gasteiger charge is -2.38. The Labute approximate surface area is 146 Å². The second kappa shape index (κ2) is 6.05. The highest BCUT2D eigenvalue weighted by Gasteiger charge is 2.35. The summed E-state index contributed by atoms with van der Waals surface area (Å²) in [6.45, 7) is 0.595. The summed E-state index contributed by atoms with van der Waals surface area (Å²) in [7, 11) is 0. The van der Waals surface area contributed by atoms with Gasteiger partial charge in [-0.15, -0.1) is 0 Å². The Morgan fingerprint density at radius 3 is 2.65 bits per heavy atom. The molecule has 1 aliphatic rings. The third-order valence-corrected chi connectivity index (χ3v) is 4.20. The highest BCUT2D eigenvalue weighted by atomic mass is 19.4. The molecule has 2 aromatic heterocycles. The number of hydrogen-bond donors (Lipinski definition) is 1. The van der Waals surface area contributed by atoms with E-state index in [0.29, 0.717) is 18.8 Å². The minimum atomic E-state index is -4.52. The molecule has 4 rings (SSSR count). The fraction of sp³-hybridized carbons (Fsp3) is 0.222. The number of pyridine rings is 1. The van der Waals surface area contributed by atoms with Crippen LogP contribution in [-0.4, -0.2) is 40.0 Å². The summed E-state index contributed by atoms with van der Waals surface area (Å²) in [5, 5.41) is 0.942. The quantitative estimate of drug-likeness (QED) is 0.777. The number of ether oxygens (including phenoxy) is 1. The van der Waals surface area contributed by atoms with Crippen LogP contribution in [0.3, 0.4) is 0 Å². The van der Waals surface area contributed by atoms with Crippen molar-refractivity contribution in [1.82, 2.24) is 14.9 Å². The van der Waals surface area contributed by atoms with Gasteiger partial charge in [0.1, 0.15) is 17.5 Å². The molecule has 0 aliphatic carbocycles. The molecule has 3 heterocycles. The van der Waals surface area contributed by atoms with Gasteiger partial charge in [0.25, 0.3) is 5.91 Å². The Kier molecular flexibility index (Phi) is 3.82. The van der Waals surface area contributed by atoms with Gasteiger partial charge in [-0.2, -0.15) is 13.2 Å². The highest BCUT2D eigenvalue weighted by Crippen LogP contribution is 2.29. The van der Waals surface area contributed by atoms with E-state index in [9.17, 15) is 18.0 Å². The van der Waals surface area contributed by atoms with Crippen LogP contribution in [0.4, 0.5) is 13.2 Å². The number of nitrogens with zero attached hydrogens (tertiary/aromatic N) is 2. The second-order valence-corrected chi connectivity index (χ2v) is 6.08. The fourth-order valence-corrected chi connectivity index (χ4v) is 2.85. The molecule has 5 nitrogen and oxygen atoms in total. The first kappa shape index (κ1) is 16.4. The summed E-state index contributed by atoms with van der Waals surface area (Å²) in [5.41, 5.74) is 0.347. The standard InChI is InChI=1S/C18H14F3N3O2/c19-18(20,21)15-6-3-7-16(23-15)26-12-9-24(10-12)17(25)14-8-11-4-1-2-5-13(11)22-14/h1-8,12,22H,9-10H2. The van der Waals surface area contributed by atoms with E-state index >= 15 is 0 Å². The molecule has 1 fully saturated rings. The number of rotatable bonds is 3. The van der Waals surface area contributed by atoms with Crippen molar-refractivity contribution in [3.8, 4) is 5.88 Å². The van der Waals surface area contributed by atoms with Crippen LogP contribution in [-0.2, 0) is 6.18 Å². The number of amides is 1. The van der Waals surface area contributed by atoms with E-state index in [2.05, 4.69) is 9.97 Å². The van der Waals surface area contributed by atoms with Crippen molar-refractivity contribution in [2.75, 3.05) is 13.1 Å². The molecule has 3 aromatic rings. The van der Waals surface area contributed by atoms with Gasteiger partial charge in [0.15, 0.2) is 0 Å². The number of H-pyrrole nitrogens is 1. The minimum absolute atomic E-state index is 0.0949. The van der Waals surface area contributed by atoms with Gasteiger partial charge in [-0.3, -0.25) is 4.79 Å². The second-order valence-electron chi connectivity index (χ2n) is 6.08. The number of carbonyl (C=O) groups is 1. The van der Waals surface area contributed by atoms with Gasteiger partial charge < -0.3 is 14.6 Å². The third-order valence-electron chi connectivity index (χ3n) is 4.20. The number of aromatic amines is 1. The summed E-state index contributed by atoms with van der Waals surface area (Å²) in [5.74, 6) is -0.263. The average molecular weight is 361 g/mol. The van der Waals surface area contributed by atoms with Crippen LogP contribution in [0.2, 0.25) is 0 Å². The fourth-order valence-electron chi connectivity index (χ4n) is 2.85. The summed E-state index contributed by atoms with van der Waals surface area (Å²) in [4.78, 5) is 20.6. The van der Waals surface area contributed by atoms with E-state index < -0.39 is 11.9 Å². The van der Waals surface area contributed by atoms with E-state index in [-0.39, 0.29) is 17.9 Å².